The number of H-pyrrole nitrogens is 1. The third-order valence-corrected chi connectivity index (χ3v) is 7.65. The van der Waals surface area contributed by atoms with E-state index in [1.165, 1.54) is 19.2 Å². The van der Waals surface area contributed by atoms with E-state index in [4.69, 9.17) is 18.9 Å². The number of nitrogens with one attached hydrogen (secondary N) is 2. The largest absolute Gasteiger partial charge is 0.493 e. The molecular weight excluding hydrogens is 475 g/mol. The van der Waals surface area contributed by atoms with Crippen LogP contribution in [0.15, 0.2) is 36.7 Å². The summed E-state index contributed by atoms with van der Waals surface area (Å²) < 4.78 is 38.6. The van der Waals surface area contributed by atoms with Crippen molar-refractivity contribution in [1.29, 1.82) is 0 Å². The zero-order chi connectivity index (χ0) is 25.4. The van der Waals surface area contributed by atoms with Gasteiger partial charge < -0.3 is 29.2 Å². The second-order valence-electron chi connectivity index (χ2n) is 10.00. The summed E-state index contributed by atoms with van der Waals surface area (Å²) in [5.74, 6) is 1.03. The fourth-order valence-corrected chi connectivity index (χ4v) is 5.53. The van der Waals surface area contributed by atoms with E-state index in [-0.39, 0.29) is 11.6 Å². The smallest absolute Gasteiger partial charge is 0.230 e. The number of aromatic nitrogens is 3. The summed E-state index contributed by atoms with van der Waals surface area (Å²) in [6.07, 6.45) is 5.95. The second kappa shape index (κ2) is 9.79. The molecule has 2 aromatic carbocycles. The van der Waals surface area contributed by atoms with Crippen molar-refractivity contribution in [2.24, 2.45) is 5.41 Å². The van der Waals surface area contributed by atoms with E-state index in [9.17, 15) is 0 Å². The van der Waals surface area contributed by atoms with Crippen LogP contribution in [-0.4, -0.2) is 54.5 Å². The summed E-state index contributed by atoms with van der Waals surface area (Å²) in [5, 5.41) is 4.52. The van der Waals surface area contributed by atoms with E-state index in [0.717, 1.165) is 38.2 Å². The number of aromatic amines is 1. The number of nitrogens with zero attached hydrogens (tertiary/aromatic N) is 2. The molecule has 2 aromatic heterocycles. The van der Waals surface area contributed by atoms with Crippen LogP contribution in [0.2, 0.25) is 0 Å². The highest BCUT2D eigenvalue weighted by molar-refractivity contribution is 5.87. The van der Waals surface area contributed by atoms with Crippen molar-refractivity contribution in [2.75, 3.05) is 33.4 Å². The maximum Gasteiger partial charge on any atom is 0.230 e. The first-order valence-corrected chi connectivity index (χ1v) is 12.8. The Hall–Kier alpha value is -3.43. The van der Waals surface area contributed by atoms with Crippen molar-refractivity contribution in [3.05, 3.63) is 48.2 Å². The third-order valence-electron chi connectivity index (χ3n) is 7.65. The monoisotopic (exact) mass is 506 g/mol. The van der Waals surface area contributed by atoms with Gasteiger partial charge in [0.1, 0.15) is 6.33 Å². The molecule has 1 atom stereocenters. The molecule has 4 aromatic rings. The van der Waals surface area contributed by atoms with Gasteiger partial charge in [0, 0.05) is 28.1 Å². The van der Waals surface area contributed by atoms with Crippen LogP contribution in [0.4, 0.5) is 4.39 Å². The lowest BCUT2D eigenvalue weighted by Crippen LogP contribution is -2.56. The van der Waals surface area contributed by atoms with Crippen LogP contribution < -0.4 is 19.5 Å². The number of aryl methyl sites for hydroxylation is 1. The van der Waals surface area contributed by atoms with Crippen molar-refractivity contribution in [1.82, 2.24) is 20.3 Å². The molecule has 2 aliphatic heterocycles. The summed E-state index contributed by atoms with van der Waals surface area (Å²) in [4.78, 5) is 11.8. The van der Waals surface area contributed by atoms with Crippen molar-refractivity contribution < 1.29 is 23.3 Å². The molecule has 0 bridgehead atoms. The normalized spacial score (nSPS) is 18.7. The first-order chi connectivity index (χ1) is 18.1. The van der Waals surface area contributed by atoms with Crippen LogP contribution in [0, 0.1) is 18.2 Å². The molecule has 9 heteroatoms. The minimum absolute atomic E-state index is 0.0931. The lowest BCUT2D eigenvalue weighted by Gasteiger charge is -2.52. The van der Waals surface area contributed by atoms with Crippen molar-refractivity contribution in [2.45, 2.75) is 38.7 Å². The van der Waals surface area contributed by atoms with Crippen LogP contribution in [0.5, 0.6) is 23.1 Å². The zero-order valence-electron chi connectivity index (χ0n) is 21.1. The summed E-state index contributed by atoms with van der Waals surface area (Å²) in [5.41, 5.74) is 2.56. The number of hydrogen-bond donors (Lipinski definition) is 2. The molecule has 2 N–H and O–H groups in total. The average molecular weight is 507 g/mol. The summed E-state index contributed by atoms with van der Waals surface area (Å²) >= 11 is 0. The zero-order valence-corrected chi connectivity index (χ0v) is 21.1. The first-order valence-electron chi connectivity index (χ1n) is 12.8. The van der Waals surface area contributed by atoms with Crippen LogP contribution in [-0.2, 0) is 4.74 Å². The number of rotatable bonds is 8. The molecule has 2 fully saturated rings. The van der Waals surface area contributed by atoms with Gasteiger partial charge in [-0.1, -0.05) is 0 Å². The molecule has 0 aliphatic carbocycles. The van der Waals surface area contributed by atoms with Crippen molar-refractivity contribution in [3.8, 4) is 23.1 Å². The van der Waals surface area contributed by atoms with Crippen LogP contribution in [0.3, 0.4) is 0 Å². The SMILES string of the molecule is COc1cc2c(Oc3ccc4[nH]c(C)cc4c3F)ncnc2cc1OCCCC1OCC12CCNCC2. The Morgan fingerprint density at radius 1 is 1.08 bits per heavy atom. The Morgan fingerprint density at radius 3 is 2.73 bits per heavy atom. The average Bonchev–Trinajstić information content (AvgIpc) is 3.30. The first kappa shape index (κ1) is 23.9. The molecular formula is C28H31FN4O4. The number of ether oxygens (including phenoxy) is 4. The van der Waals surface area contributed by atoms with Gasteiger partial charge in [-0.15, -0.1) is 0 Å². The molecule has 8 nitrogen and oxygen atoms in total. The maximum atomic E-state index is 15.1. The predicted molar refractivity (Wildman–Crippen MR) is 138 cm³/mol. The molecule has 2 saturated heterocycles. The Balaban J connectivity index is 1.17. The Morgan fingerprint density at radius 2 is 1.95 bits per heavy atom. The Kier molecular flexibility index (Phi) is 6.34. The summed E-state index contributed by atoms with van der Waals surface area (Å²) in [6.45, 7) is 5.46. The van der Waals surface area contributed by atoms with Crippen molar-refractivity contribution >= 4 is 21.8 Å². The van der Waals surface area contributed by atoms with Gasteiger partial charge in [0.05, 0.1) is 37.3 Å². The minimum Gasteiger partial charge on any atom is -0.493 e. The standard InChI is InChI=1S/C28H31FN4O4/c1-17-12-18-20(33-17)5-6-22(26(18)29)37-27-19-13-23(34-2)24(14-21(19)31-16-32-27)35-11-3-4-25-28(15-36-25)7-9-30-10-8-28/h5-6,12-14,16,25,30,33H,3-4,7-11,15H2,1-2H3. The molecule has 4 heterocycles. The van der Waals surface area contributed by atoms with Gasteiger partial charge in [-0.25, -0.2) is 14.4 Å². The van der Waals surface area contributed by atoms with E-state index in [1.807, 2.05) is 13.0 Å². The number of piperidine rings is 1. The van der Waals surface area contributed by atoms with E-state index in [1.54, 1.807) is 31.4 Å². The van der Waals surface area contributed by atoms with Gasteiger partial charge in [0.15, 0.2) is 23.1 Å². The van der Waals surface area contributed by atoms with Gasteiger partial charge >= 0.3 is 0 Å². The fraction of sp³-hybridized carbons (Fsp3) is 0.429. The summed E-state index contributed by atoms with van der Waals surface area (Å²) in [6, 6.07) is 8.72. The molecule has 0 radical (unpaired) electrons. The number of halogens is 1. The van der Waals surface area contributed by atoms with Crippen molar-refractivity contribution in [3.63, 3.8) is 0 Å². The van der Waals surface area contributed by atoms with Gasteiger partial charge in [-0.3, -0.25) is 0 Å². The number of methoxy groups -OCH3 is 1. The van der Waals surface area contributed by atoms with E-state index in [0.29, 0.717) is 51.4 Å². The number of benzene rings is 2. The molecule has 1 unspecified atom stereocenters. The molecule has 0 saturated carbocycles. The lowest BCUT2D eigenvalue weighted by molar-refractivity contribution is -0.201. The lowest BCUT2D eigenvalue weighted by atomic mass is 9.70. The second-order valence-corrected chi connectivity index (χ2v) is 10.00. The van der Waals surface area contributed by atoms with Crippen LogP contribution in [0.25, 0.3) is 21.8 Å². The highest BCUT2D eigenvalue weighted by Crippen LogP contribution is 2.45. The van der Waals surface area contributed by atoms with Crippen LogP contribution >= 0.6 is 0 Å². The van der Waals surface area contributed by atoms with E-state index in [2.05, 4.69) is 20.3 Å². The fourth-order valence-electron chi connectivity index (χ4n) is 5.53. The molecule has 194 valence electrons. The Labute approximate surface area is 214 Å². The Bertz CT molecular complexity index is 1430. The summed E-state index contributed by atoms with van der Waals surface area (Å²) in [7, 11) is 1.59. The molecule has 37 heavy (non-hydrogen) atoms. The maximum absolute atomic E-state index is 15.1. The highest BCUT2D eigenvalue weighted by Gasteiger charge is 2.47. The van der Waals surface area contributed by atoms with Gasteiger partial charge in [0.25, 0.3) is 0 Å². The predicted octanol–water partition coefficient (Wildman–Crippen LogP) is 5.29. The van der Waals surface area contributed by atoms with Gasteiger partial charge in [-0.2, -0.15) is 0 Å². The quantitative estimate of drug-likeness (QED) is 0.314. The minimum atomic E-state index is -0.442. The third kappa shape index (κ3) is 4.46. The number of hydrogen-bond acceptors (Lipinski definition) is 7. The highest BCUT2D eigenvalue weighted by atomic mass is 19.1. The molecule has 6 rings (SSSR count). The topological polar surface area (TPSA) is 90.5 Å². The number of fused-ring (bicyclic) bond motifs is 2. The van der Waals surface area contributed by atoms with E-state index >= 15 is 4.39 Å². The molecule has 0 amide bonds. The molecule has 2 aliphatic rings. The van der Waals surface area contributed by atoms with Gasteiger partial charge in [-0.05, 0) is 70.0 Å². The van der Waals surface area contributed by atoms with Crippen LogP contribution in [0.1, 0.15) is 31.4 Å². The van der Waals surface area contributed by atoms with E-state index < -0.39 is 5.82 Å². The van der Waals surface area contributed by atoms with Gasteiger partial charge in [0.2, 0.25) is 5.88 Å². The molecule has 1 spiro atoms.